The quantitative estimate of drug-likeness (QED) is 0.798. The van der Waals surface area contributed by atoms with Crippen LogP contribution in [0.15, 0.2) is 41.0 Å². The van der Waals surface area contributed by atoms with Crippen molar-refractivity contribution in [1.29, 1.82) is 0 Å². The van der Waals surface area contributed by atoms with Gasteiger partial charge in [0.1, 0.15) is 5.76 Å². The zero-order valence-electron chi connectivity index (χ0n) is 14.1. The van der Waals surface area contributed by atoms with Gasteiger partial charge in [-0.25, -0.2) is 0 Å². The first-order valence-electron chi connectivity index (χ1n) is 7.70. The minimum absolute atomic E-state index is 0.0340. The van der Waals surface area contributed by atoms with E-state index in [2.05, 4.69) is 43.1 Å². The summed E-state index contributed by atoms with van der Waals surface area (Å²) < 4.78 is 10.7. The second-order valence-electron chi connectivity index (χ2n) is 5.61. The Bertz CT molecular complexity index is 640. The molecule has 1 atom stereocenters. The molecule has 1 aromatic heterocycles. The van der Waals surface area contributed by atoms with Crippen molar-refractivity contribution in [1.82, 2.24) is 4.90 Å². The van der Waals surface area contributed by atoms with Crippen molar-refractivity contribution in [2.45, 2.75) is 26.8 Å². The molecule has 1 N–H and O–H groups in total. The zero-order chi connectivity index (χ0) is 16.8. The third-order valence-corrected chi connectivity index (χ3v) is 4.31. The van der Waals surface area contributed by atoms with Gasteiger partial charge in [0.2, 0.25) is 0 Å². The topological polar surface area (TPSA) is 37.6 Å². The highest BCUT2D eigenvalue weighted by atomic mass is 32.1. The Morgan fingerprint density at radius 2 is 2.09 bits per heavy atom. The standard InChI is InChI=1S/C18H24N2O2S/c1-13-7-8-16(12-14(13)2)19-18(23)20(9-11-21-4)15(3)17-6-5-10-22-17/h5-8,10,12,15H,9,11H2,1-4H3,(H,19,23)/t15-/m1/s1. The van der Waals surface area contributed by atoms with Crippen LogP contribution in [0.25, 0.3) is 0 Å². The maximum absolute atomic E-state index is 5.61. The average Bonchev–Trinajstić information content (AvgIpc) is 3.05. The number of rotatable bonds is 6. The fourth-order valence-corrected chi connectivity index (χ4v) is 2.72. The van der Waals surface area contributed by atoms with E-state index in [4.69, 9.17) is 21.4 Å². The summed E-state index contributed by atoms with van der Waals surface area (Å²) in [5.41, 5.74) is 3.49. The first-order chi connectivity index (χ1) is 11.0. The zero-order valence-corrected chi connectivity index (χ0v) is 14.9. The molecule has 23 heavy (non-hydrogen) atoms. The van der Waals surface area contributed by atoms with Crippen LogP contribution in [0.3, 0.4) is 0 Å². The summed E-state index contributed by atoms with van der Waals surface area (Å²) in [6.45, 7) is 7.55. The number of thiocarbonyl (C=S) groups is 1. The monoisotopic (exact) mass is 332 g/mol. The van der Waals surface area contributed by atoms with Crippen LogP contribution in [0.1, 0.15) is 29.9 Å². The number of ether oxygens (including phenoxy) is 1. The third-order valence-electron chi connectivity index (χ3n) is 3.98. The van der Waals surface area contributed by atoms with Gasteiger partial charge in [-0.05, 0) is 68.4 Å². The molecule has 5 heteroatoms. The smallest absolute Gasteiger partial charge is 0.174 e. The Labute approximate surface area is 143 Å². The van der Waals surface area contributed by atoms with Gasteiger partial charge in [0, 0.05) is 19.3 Å². The molecular formula is C18H24N2O2S. The van der Waals surface area contributed by atoms with E-state index >= 15 is 0 Å². The Hall–Kier alpha value is -1.85. The molecule has 0 aliphatic heterocycles. The maximum atomic E-state index is 5.61. The van der Waals surface area contributed by atoms with Crippen LogP contribution in [0, 0.1) is 13.8 Å². The van der Waals surface area contributed by atoms with E-state index in [0.29, 0.717) is 18.3 Å². The molecule has 1 aromatic carbocycles. The number of anilines is 1. The fourth-order valence-electron chi connectivity index (χ4n) is 2.36. The van der Waals surface area contributed by atoms with E-state index in [-0.39, 0.29) is 6.04 Å². The van der Waals surface area contributed by atoms with Crippen molar-refractivity contribution >= 4 is 23.0 Å². The van der Waals surface area contributed by atoms with Crippen LogP contribution < -0.4 is 5.32 Å². The van der Waals surface area contributed by atoms with Gasteiger partial charge in [0.25, 0.3) is 0 Å². The molecule has 0 radical (unpaired) electrons. The van der Waals surface area contributed by atoms with Crippen molar-refractivity contribution in [2.75, 3.05) is 25.6 Å². The van der Waals surface area contributed by atoms with Gasteiger partial charge in [-0.15, -0.1) is 0 Å². The van der Waals surface area contributed by atoms with Gasteiger partial charge < -0.3 is 19.4 Å². The molecule has 2 rings (SSSR count). The second kappa shape index (κ2) is 8.13. The molecule has 2 aromatic rings. The molecule has 0 unspecified atom stereocenters. The molecule has 1 heterocycles. The van der Waals surface area contributed by atoms with Gasteiger partial charge in [-0.1, -0.05) is 6.07 Å². The number of hydrogen-bond acceptors (Lipinski definition) is 3. The van der Waals surface area contributed by atoms with Crippen LogP contribution in [-0.4, -0.2) is 30.3 Å². The Morgan fingerprint density at radius 3 is 2.70 bits per heavy atom. The van der Waals surface area contributed by atoms with Crippen LogP contribution in [0.4, 0.5) is 5.69 Å². The van der Waals surface area contributed by atoms with E-state index in [1.165, 1.54) is 11.1 Å². The molecule has 0 amide bonds. The first kappa shape index (κ1) is 17.5. The van der Waals surface area contributed by atoms with E-state index in [0.717, 1.165) is 11.4 Å². The highest BCUT2D eigenvalue weighted by molar-refractivity contribution is 7.80. The van der Waals surface area contributed by atoms with E-state index in [1.807, 2.05) is 18.2 Å². The summed E-state index contributed by atoms with van der Waals surface area (Å²) >= 11 is 5.61. The summed E-state index contributed by atoms with van der Waals surface area (Å²) in [5.74, 6) is 0.880. The number of benzene rings is 1. The average molecular weight is 332 g/mol. The molecule has 0 saturated carbocycles. The normalized spacial score (nSPS) is 12.0. The lowest BCUT2D eigenvalue weighted by Crippen LogP contribution is -2.39. The first-order valence-corrected chi connectivity index (χ1v) is 8.11. The molecule has 0 aliphatic carbocycles. The lowest BCUT2D eigenvalue weighted by molar-refractivity contribution is 0.160. The van der Waals surface area contributed by atoms with E-state index in [1.54, 1.807) is 13.4 Å². The molecule has 4 nitrogen and oxygen atoms in total. The molecule has 0 aliphatic rings. The molecule has 0 fully saturated rings. The molecule has 0 spiro atoms. The largest absolute Gasteiger partial charge is 0.467 e. The summed E-state index contributed by atoms with van der Waals surface area (Å²) in [4.78, 5) is 2.08. The number of nitrogens with one attached hydrogen (secondary N) is 1. The van der Waals surface area contributed by atoms with Crippen molar-refractivity contribution in [3.8, 4) is 0 Å². The summed E-state index contributed by atoms with van der Waals surface area (Å²) in [6, 6.07) is 10.1. The third kappa shape index (κ3) is 4.56. The second-order valence-corrected chi connectivity index (χ2v) is 5.99. The van der Waals surface area contributed by atoms with Crippen molar-refractivity contribution in [3.05, 3.63) is 53.5 Å². The molecule has 124 valence electrons. The van der Waals surface area contributed by atoms with Gasteiger partial charge in [-0.2, -0.15) is 0 Å². The maximum Gasteiger partial charge on any atom is 0.174 e. The highest BCUT2D eigenvalue weighted by Gasteiger charge is 2.20. The van der Waals surface area contributed by atoms with Crippen LogP contribution in [-0.2, 0) is 4.74 Å². The van der Waals surface area contributed by atoms with Crippen LogP contribution in [0.5, 0.6) is 0 Å². The lowest BCUT2D eigenvalue weighted by atomic mass is 10.1. The lowest BCUT2D eigenvalue weighted by Gasteiger charge is -2.30. The van der Waals surface area contributed by atoms with Crippen molar-refractivity contribution < 1.29 is 9.15 Å². The number of methoxy groups -OCH3 is 1. The number of hydrogen-bond donors (Lipinski definition) is 1. The van der Waals surface area contributed by atoms with Crippen molar-refractivity contribution in [3.63, 3.8) is 0 Å². The van der Waals surface area contributed by atoms with Crippen LogP contribution >= 0.6 is 12.2 Å². The highest BCUT2D eigenvalue weighted by Crippen LogP contribution is 2.22. The molecule has 0 bridgehead atoms. The molecule has 0 saturated heterocycles. The summed E-state index contributed by atoms with van der Waals surface area (Å²) in [6.07, 6.45) is 1.68. The summed E-state index contributed by atoms with van der Waals surface area (Å²) in [5, 5.41) is 3.98. The summed E-state index contributed by atoms with van der Waals surface area (Å²) in [7, 11) is 1.69. The molecular weight excluding hydrogens is 308 g/mol. The van der Waals surface area contributed by atoms with E-state index in [9.17, 15) is 0 Å². The van der Waals surface area contributed by atoms with Crippen molar-refractivity contribution in [2.24, 2.45) is 0 Å². The number of furan rings is 1. The predicted octanol–water partition coefficient (Wildman–Crippen LogP) is 4.30. The van der Waals surface area contributed by atoms with E-state index < -0.39 is 0 Å². The van der Waals surface area contributed by atoms with Gasteiger partial charge in [-0.3, -0.25) is 0 Å². The van der Waals surface area contributed by atoms with Gasteiger partial charge in [0.15, 0.2) is 5.11 Å². The minimum Gasteiger partial charge on any atom is -0.467 e. The number of aryl methyl sites for hydroxylation is 2. The SMILES string of the molecule is COCCN(C(=S)Nc1ccc(C)c(C)c1)[C@H](C)c1ccco1. The number of nitrogens with zero attached hydrogens (tertiary/aromatic N) is 1. The van der Waals surface area contributed by atoms with Gasteiger partial charge in [0.05, 0.1) is 18.9 Å². The Morgan fingerprint density at radius 1 is 1.30 bits per heavy atom. The minimum atomic E-state index is 0.0340. The Kier molecular flexibility index (Phi) is 6.19. The van der Waals surface area contributed by atoms with Gasteiger partial charge >= 0.3 is 0 Å². The predicted molar refractivity (Wildman–Crippen MR) is 97.8 cm³/mol. The van der Waals surface area contributed by atoms with Crippen LogP contribution in [0.2, 0.25) is 0 Å². The fraction of sp³-hybridized carbons (Fsp3) is 0.389. The Balaban J connectivity index is 2.13.